The van der Waals surface area contributed by atoms with Gasteiger partial charge in [0.25, 0.3) is 0 Å². The van der Waals surface area contributed by atoms with Gasteiger partial charge in [-0.05, 0) is 12.8 Å². The Balaban J connectivity index is 0. The van der Waals surface area contributed by atoms with Crippen LogP contribution < -0.4 is 0 Å². The molecule has 0 amide bonds. The molecular weight excluding hydrogens is 726 g/mol. The highest BCUT2D eigenvalue weighted by atomic mass is 127. The lowest BCUT2D eigenvalue weighted by Gasteiger charge is -2.05. The average molecular weight is 793 g/mol. The van der Waals surface area contributed by atoms with Crippen molar-refractivity contribution in [2.45, 2.75) is 201 Å². The van der Waals surface area contributed by atoms with Gasteiger partial charge in [0, 0.05) is 0 Å². The quantitative estimate of drug-likeness (QED) is 0.0432. The first-order chi connectivity index (χ1) is 19.4. The Hall–Kier alpha value is 0.400. The molecule has 0 aliphatic heterocycles. The van der Waals surface area contributed by atoms with Gasteiger partial charge in [-0.1, -0.05) is 226 Å². The molecule has 0 radical (unpaired) electrons. The molecule has 4 nitrogen and oxygen atoms in total. The fourth-order valence-electron chi connectivity index (χ4n) is 4.93. The molecule has 0 aromatic carbocycles. The molecule has 2 unspecified atom stereocenters. The smallest absolute Gasteiger partial charge is 0.316 e. The van der Waals surface area contributed by atoms with E-state index in [2.05, 4.69) is 13.8 Å². The Kier molecular flexibility index (Phi) is 37.8. The Morgan fingerprint density at radius 3 is 0.750 bits per heavy atom. The SMILES string of the molecule is CCCCCCCCCCCCCCC(I)C(=O)O.CCCCCCCCCCCCCCCCC(I)C(=O)O. The normalized spacial score (nSPS) is 12.5. The number of hydrogen-bond donors (Lipinski definition) is 2. The molecule has 0 fully saturated rings. The third-order valence-electron chi connectivity index (χ3n) is 7.66. The Morgan fingerprint density at radius 2 is 0.575 bits per heavy atom. The van der Waals surface area contributed by atoms with Crippen molar-refractivity contribution in [2.24, 2.45) is 0 Å². The lowest BCUT2D eigenvalue weighted by Crippen LogP contribution is -2.11. The molecule has 40 heavy (non-hydrogen) atoms. The highest BCUT2D eigenvalue weighted by Crippen LogP contribution is 2.17. The third kappa shape index (κ3) is 36.4. The van der Waals surface area contributed by atoms with Crippen molar-refractivity contribution in [3.63, 3.8) is 0 Å². The maximum Gasteiger partial charge on any atom is 0.316 e. The number of carboxylic acid groups (broad SMARTS) is 2. The van der Waals surface area contributed by atoms with E-state index in [0.717, 1.165) is 25.7 Å². The molecule has 0 bridgehead atoms. The van der Waals surface area contributed by atoms with Gasteiger partial charge in [-0.3, -0.25) is 9.59 Å². The van der Waals surface area contributed by atoms with E-state index in [4.69, 9.17) is 10.2 Å². The molecule has 0 rings (SSSR count). The van der Waals surface area contributed by atoms with Crippen LogP contribution in [-0.2, 0) is 9.59 Å². The van der Waals surface area contributed by atoms with Gasteiger partial charge < -0.3 is 10.2 Å². The average Bonchev–Trinajstić information content (AvgIpc) is 2.93. The molecule has 2 atom stereocenters. The van der Waals surface area contributed by atoms with Crippen LogP contribution in [0.5, 0.6) is 0 Å². The first-order valence-corrected chi connectivity index (χ1v) is 19.6. The minimum Gasteiger partial charge on any atom is -0.480 e. The Labute approximate surface area is 276 Å². The number of alkyl halides is 2. The van der Waals surface area contributed by atoms with Crippen molar-refractivity contribution in [1.29, 1.82) is 0 Å². The number of halogens is 2. The molecule has 0 saturated heterocycles. The van der Waals surface area contributed by atoms with E-state index in [1.54, 1.807) is 0 Å². The summed E-state index contributed by atoms with van der Waals surface area (Å²) in [7, 11) is 0. The van der Waals surface area contributed by atoms with E-state index in [1.165, 1.54) is 154 Å². The predicted molar refractivity (Wildman–Crippen MR) is 192 cm³/mol. The monoisotopic (exact) mass is 792 g/mol. The number of unbranched alkanes of at least 4 members (excludes halogenated alkanes) is 24. The number of aliphatic carboxylic acids is 2. The third-order valence-corrected chi connectivity index (χ3v) is 9.97. The summed E-state index contributed by atoms with van der Waals surface area (Å²) in [5, 5.41) is 17.5. The summed E-state index contributed by atoms with van der Waals surface area (Å²) in [6.45, 7) is 4.53. The fourth-order valence-corrected chi connectivity index (χ4v) is 5.81. The van der Waals surface area contributed by atoms with E-state index in [-0.39, 0.29) is 7.85 Å². The van der Waals surface area contributed by atoms with Crippen molar-refractivity contribution in [3.05, 3.63) is 0 Å². The van der Waals surface area contributed by atoms with Gasteiger partial charge in [0.05, 0.1) is 0 Å². The van der Waals surface area contributed by atoms with Crippen molar-refractivity contribution < 1.29 is 19.8 Å². The number of hydrogen-bond acceptors (Lipinski definition) is 2. The van der Waals surface area contributed by atoms with Gasteiger partial charge in [-0.15, -0.1) is 0 Å². The van der Waals surface area contributed by atoms with E-state index in [0.29, 0.717) is 0 Å². The van der Waals surface area contributed by atoms with Crippen LogP contribution in [0.2, 0.25) is 0 Å². The topological polar surface area (TPSA) is 74.6 Å². The van der Waals surface area contributed by atoms with Crippen molar-refractivity contribution in [2.75, 3.05) is 0 Å². The summed E-state index contributed by atoms with van der Waals surface area (Å²) in [5.74, 6) is -1.33. The van der Waals surface area contributed by atoms with Crippen LogP contribution in [0, 0.1) is 0 Å². The first kappa shape index (κ1) is 42.5. The molecule has 240 valence electrons. The first-order valence-electron chi connectivity index (χ1n) is 17.1. The summed E-state index contributed by atoms with van der Waals surface area (Å²) in [4.78, 5) is 21.3. The second-order valence-electron chi connectivity index (χ2n) is 11.7. The van der Waals surface area contributed by atoms with E-state index in [1.807, 2.05) is 45.2 Å². The van der Waals surface area contributed by atoms with Crippen molar-refractivity contribution in [3.8, 4) is 0 Å². The summed E-state index contributed by atoms with van der Waals surface area (Å²) >= 11 is 4.05. The van der Waals surface area contributed by atoms with Crippen LogP contribution in [0.3, 0.4) is 0 Å². The maximum atomic E-state index is 10.7. The summed E-state index contributed by atoms with van der Waals surface area (Å²) in [5.41, 5.74) is 0. The van der Waals surface area contributed by atoms with Crippen LogP contribution in [0.4, 0.5) is 0 Å². The highest BCUT2D eigenvalue weighted by molar-refractivity contribution is 14.1. The molecule has 0 aromatic heterocycles. The number of carboxylic acids is 2. The lowest BCUT2D eigenvalue weighted by molar-refractivity contribution is -0.137. The van der Waals surface area contributed by atoms with Gasteiger partial charge in [0.15, 0.2) is 0 Å². The summed E-state index contributed by atoms with van der Waals surface area (Å²) in [6, 6.07) is 0. The minimum absolute atomic E-state index is 0.194. The number of rotatable bonds is 30. The molecule has 0 aromatic rings. The molecule has 0 saturated carbocycles. The summed E-state index contributed by atoms with van der Waals surface area (Å²) < 4.78 is -0.388. The highest BCUT2D eigenvalue weighted by Gasteiger charge is 2.12. The molecule has 0 aliphatic carbocycles. The Morgan fingerprint density at radius 1 is 0.400 bits per heavy atom. The molecule has 0 aliphatic rings. The van der Waals surface area contributed by atoms with Gasteiger partial charge >= 0.3 is 11.9 Å². The maximum absolute atomic E-state index is 10.7. The fraction of sp³-hybridized carbons (Fsp3) is 0.941. The van der Waals surface area contributed by atoms with Gasteiger partial charge in [-0.25, -0.2) is 0 Å². The number of carbonyl (C=O) groups is 2. The second kappa shape index (κ2) is 35.6. The predicted octanol–water partition coefficient (Wildman–Crippen LogP) is 12.7. The molecule has 0 heterocycles. The van der Waals surface area contributed by atoms with Crippen LogP contribution in [-0.4, -0.2) is 30.0 Å². The zero-order valence-corrected chi connectivity index (χ0v) is 30.7. The van der Waals surface area contributed by atoms with Gasteiger partial charge in [-0.2, -0.15) is 0 Å². The van der Waals surface area contributed by atoms with Crippen LogP contribution in [0.1, 0.15) is 194 Å². The van der Waals surface area contributed by atoms with E-state index >= 15 is 0 Å². The molecular formula is C34H66I2O4. The minimum atomic E-state index is -0.663. The van der Waals surface area contributed by atoms with Crippen LogP contribution in [0.15, 0.2) is 0 Å². The largest absolute Gasteiger partial charge is 0.480 e. The Bertz CT molecular complexity index is 530. The van der Waals surface area contributed by atoms with Crippen molar-refractivity contribution in [1.82, 2.24) is 0 Å². The van der Waals surface area contributed by atoms with E-state index in [9.17, 15) is 9.59 Å². The van der Waals surface area contributed by atoms with Gasteiger partial charge in [0.2, 0.25) is 0 Å². The summed E-state index contributed by atoms with van der Waals surface area (Å²) in [6.07, 6.45) is 36.6. The molecule has 6 heteroatoms. The molecule has 0 spiro atoms. The standard InChI is InChI=1S/C18H35IO2.C16H31IO2/c1-2-3-4-5-6-7-8-9-10-11-12-13-14-15-16-17(19)18(20)21;1-2-3-4-5-6-7-8-9-10-11-12-13-14-15(17)16(18)19/h17H,2-16H2,1H3,(H,20,21);15H,2-14H2,1H3,(H,18,19). The zero-order chi connectivity index (χ0) is 30.1. The van der Waals surface area contributed by atoms with E-state index < -0.39 is 11.9 Å². The molecule has 2 N–H and O–H groups in total. The van der Waals surface area contributed by atoms with Crippen LogP contribution in [0.25, 0.3) is 0 Å². The second-order valence-corrected chi connectivity index (χ2v) is 14.7. The van der Waals surface area contributed by atoms with Crippen LogP contribution >= 0.6 is 45.2 Å². The zero-order valence-electron chi connectivity index (χ0n) is 26.4. The van der Waals surface area contributed by atoms with Gasteiger partial charge in [0.1, 0.15) is 7.85 Å². The lowest BCUT2D eigenvalue weighted by atomic mass is 10.0. The van der Waals surface area contributed by atoms with Crippen molar-refractivity contribution >= 4 is 57.1 Å².